The van der Waals surface area contributed by atoms with Gasteiger partial charge in [0, 0.05) is 30.4 Å². The molecule has 1 saturated carbocycles. The van der Waals surface area contributed by atoms with Crippen LogP contribution in [0.3, 0.4) is 0 Å². The van der Waals surface area contributed by atoms with Gasteiger partial charge in [-0.1, -0.05) is 29.8 Å². The van der Waals surface area contributed by atoms with Gasteiger partial charge in [0.05, 0.1) is 48.6 Å². The van der Waals surface area contributed by atoms with Crippen molar-refractivity contribution < 1.29 is 23.5 Å². The maximum Gasteiger partial charge on any atom is 0.255 e. The molecule has 0 aliphatic heterocycles. The zero-order valence-corrected chi connectivity index (χ0v) is 22.7. The predicted molar refractivity (Wildman–Crippen MR) is 152 cm³/mol. The molecule has 1 aliphatic rings. The maximum absolute atomic E-state index is 15.0. The molecule has 2 aromatic heterocycles. The number of carbonyl (C=O) groups is 2. The molecule has 2 amide bonds. The normalized spacial score (nSPS) is 17.5. The van der Waals surface area contributed by atoms with Crippen LogP contribution in [0, 0.1) is 23.6 Å². The lowest BCUT2D eigenvalue weighted by Gasteiger charge is -2.10. The number of anilines is 2. The Morgan fingerprint density at radius 3 is 2.41 bits per heavy atom. The SMILES string of the molecule is COc1ccc(COCC2[C@@H](C(=O)Nc3ccc(-n4ccccc4=O)cc3F)[C@H]2C(=O)Nc2ccc(Cl)cn2)cc1. The van der Waals surface area contributed by atoms with Crippen LogP contribution in [0.25, 0.3) is 5.69 Å². The second kappa shape index (κ2) is 12.3. The third-order valence-electron chi connectivity index (χ3n) is 6.80. The molecule has 0 saturated heterocycles. The average Bonchev–Trinajstić information content (AvgIpc) is 3.70. The molecule has 2 heterocycles. The summed E-state index contributed by atoms with van der Waals surface area (Å²) < 4.78 is 27.3. The van der Waals surface area contributed by atoms with E-state index in [0.717, 1.165) is 17.4 Å². The first-order valence-corrected chi connectivity index (χ1v) is 13.1. The number of amides is 2. The summed E-state index contributed by atoms with van der Waals surface area (Å²) in [7, 11) is 1.58. The number of hydrogen-bond donors (Lipinski definition) is 2. The predicted octanol–water partition coefficient (Wildman–Crippen LogP) is 4.69. The van der Waals surface area contributed by atoms with E-state index in [-0.39, 0.29) is 24.5 Å². The summed E-state index contributed by atoms with van der Waals surface area (Å²) in [4.78, 5) is 42.5. The Kier molecular flexibility index (Phi) is 8.42. The van der Waals surface area contributed by atoms with Gasteiger partial charge in [0.15, 0.2) is 0 Å². The van der Waals surface area contributed by atoms with Crippen LogP contribution in [-0.2, 0) is 20.9 Å². The number of nitrogens with zero attached hydrogens (tertiary/aromatic N) is 2. The molecule has 0 bridgehead atoms. The van der Waals surface area contributed by atoms with E-state index in [0.29, 0.717) is 16.5 Å². The number of benzene rings is 2. The van der Waals surface area contributed by atoms with E-state index in [1.54, 1.807) is 31.4 Å². The lowest BCUT2D eigenvalue weighted by atomic mass is 10.2. The summed E-state index contributed by atoms with van der Waals surface area (Å²) in [6.07, 6.45) is 2.93. The fourth-order valence-electron chi connectivity index (χ4n) is 4.60. The minimum absolute atomic E-state index is 0.0638. The number of pyridine rings is 2. The standard InChI is InChI=1S/C30H26ClFN4O5/c1-40-21-9-5-18(6-10-21)16-41-17-22-27(28(22)30(39)35-25-12-7-19(31)15-33-25)29(38)34-24-11-8-20(14-23(24)32)36-13-3-2-4-26(36)37/h2-15,22,27-28H,16-17H2,1H3,(H,34,38)(H,33,35,39)/t22?,27-,28+/m1/s1. The van der Waals surface area contributed by atoms with Crippen LogP contribution in [0.15, 0.2) is 90.0 Å². The summed E-state index contributed by atoms with van der Waals surface area (Å²) in [6.45, 7) is 0.408. The monoisotopic (exact) mass is 576 g/mol. The van der Waals surface area contributed by atoms with Crippen LogP contribution in [0.4, 0.5) is 15.9 Å². The first-order chi connectivity index (χ1) is 19.8. The van der Waals surface area contributed by atoms with E-state index in [9.17, 15) is 18.8 Å². The Morgan fingerprint density at radius 2 is 1.76 bits per heavy atom. The molecule has 210 valence electrons. The molecular formula is C30H26ClFN4O5. The number of ether oxygens (including phenoxy) is 2. The molecule has 1 fully saturated rings. The summed E-state index contributed by atoms with van der Waals surface area (Å²) in [6, 6.07) is 19.2. The topological polar surface area (TPSA) is 112 Å². The minimum atomic E-state index is -0.756. The number of aromatic nitrogens is 2. The van der Waals surface area contributed by atoms with Crippen molar-refractivity contribution in [3.63, 3.8) is 0 Å². The van der Waals surface area contributed by atoms with Crippen LogP contribution in [0.2, 0.25) is 5.02 Å². The number of methoxy groups -OCH3 is 1. The van der Waals surface area contributed by atoms with Crippen molar-refractivity contribution >= 4 is 34.9 Å². The summed E-state index contributed by atoms with van der Waals surface area (Å²) in [5, 5.41) is 5.72. The Balaban J connectivity index is 1.28. The van der Waals surface area contributed by atoms with Gasteiger partial charge in [-0.25, -0.2) is 9.37 Å². The van der Waals surface area contributed by atoms with Gasteiger partial charge in [0.2, 0.25) is 11.8 Å². The molecule has 0 radical (unpaired) electrons. The first-order valence-electron chi connectivity index (χ1n) is 12.8. The van der Waals surface area contributed by atoms with Crippen molar-refractivity contribution in [2.75, 3.05) is 24.4 Å². The quantitative estimate of drug-likeness (QED) is 0.283. The van der Waals surface area contributed by atoms with E-state index in [2.05, 4.69) is 15.6 Å². The zero-order valence-electron chi connectivity index (χ0n) is 21.9. The van der Waals surface area contributed by atoms with Gasteiger partial charge in [0.1, 0.15) is 17.4 Å². The fourth-order valence-corrected chi connectivity index (χ4v) is 4.71. The van der Waals surface area contributed by atoms with Crippen LogP contribution in [0.1, 0.15) is 5.56 Å². The van der Waals surface area contributed by atoms with Gasteiger partial charge >= 0.3 is 0 Å². The zero-order chi connectivity index (χ0) is 28.9. The number of hydrogen-bond acceptors (Lipinski definition) is 6. The van der Waals surface area contributed by atoms with Crippen molar-refractivity contribution in [3.8, 4) is 11.4 Å². The third kappa shape index (κ3) is 6.62. The number of nitrogens with one attached hydrogen (secondary N) is 2. The number of carbonyl (C=O) groups excluding carboxylic acids is 2. The van der Waals surface area contributed by atoms with E-state index in [1.807, 2.05) is 24.3 Å². The summed E-state index contributed by atoms with van der Waals surface area (Å²) in [5.41, 5.74) is 0.836. The fraction of sp³-hybridized carbons (Fsp3) is 0.200. The van der Waals surface area contributed by atoms with Crippen molar-refractivity contribution in [2.24, 2.45) is 17.8 Å². The van der Waals surface area contributed by atoms with Gasteiger partial charge in [0.25, 0.3) is 5.56 Å². The summed E-state index contributed by atoms with van der Waals surface area (Å²) in [5.74, 6) is -2.54. The van der Waals surface area contributed by atoms with Gasteiger partial charge in [-0.3, -0.25) is 19.0 Å². The highest BCUT2D eigenvalue weighted by Crippen LogP contribution is 2.48. The Morgan fingerprint density at radius 1 is 1.00 bits per heavy atom. The van der Waals surface area contributed by atoms with Gasteiger partial charge < -0.3 is 20.1 Å². The molecule has 9 nitrogen and oxygen atoms in total. The molecular weight excluding hydrogens is 551 g/mol. The lowest BCUT2D eigenvalue weighted by molar-refractivity contribution is -0.122. The highest BCUT2D eigenvalue weighted by molar-refractivity contribution is 6.30. The van der Waals surface area contributed by atoms with Crippen LogP contribution >= 0.6 is 11.6 Å². The Hall–Kier alpha value is -4.54. The first kappa shape index (κ1) is 28.0. The van der Waals surface area contributed by atoms with Crippen molar-refractivity contribution in [3.05, 3.63) is 112 Å². The average molecular weight is 577 g/mol. The molecule has 1 aliphatic carbocycles. The third-order valence-corrected chi connectivity index (χ3v) is 7.03. The van der Waals surface area contributed by atoms with Gasteiger partial charge in [-0.2, -0.15) is 0 Å². The molecule has 11 heteroatoms. The Bertz CT molecular complexity index is 1610. The van der Waals surface area contributed by atoms with E-state index in [4.69, 9.17) is 21.1 Å². The van der Waals surface area contributed by atoms with Crippen molar-refractivity contribution in [1.82, 2.24) is 9.55 Å². The van der Waals surface area contributed by atoms with E-state index >= 15 is 0 Å². The van der Waals surface area contributed by atoms with Crippen LogP contribution in [-0.4, -0.2) is 35.1 Å². The molecule has 0 spiro atoms. The molecule has 5 rings (SSSR count). The molecule has 41 heavy (non-hydrogen) atoms. The largest absolute Gasteiger partial charge is 0.497 e. The Labute approximate surface area is 239 Å². The van der Waals surface area contributed by atoms with E-state index in [1.165, 1.54) is 35.2 Å². The summed E-state index contributed by atoms with van der Waals surface area (Å²) >= 11 is 5.88. The van der Waals surface area contributed by atoms with Crippen LogP contribution < -0.4 is 20.9 Å². The second-order valence-electron chi connectivity index (χ2n) is 9.49. The highest BCUT2D eigenvalue weighted by Gasteiger charge is 2.59. The molecule has 3 atom stereocenters. The van der Waals surface area contributed by atoms with Crippen molar-refractivity contribution in [1.29, 1.82) is 0 Å². The number of halogens is 2. The van der Waals surface area contributed by atoms with Gasteiger partial charge in [-0.05, 0) is 48.0 Å². The molecule has 1 unspecified atom stereocenters. The van der Waals surface area contributed by atoms with E-state index < -0.39 is 35.4 Å². The maximum atomic E-state index is 15.0. The minimum Gasteiger partial charge on any atom is -0.497 e. The highest BCUT2D eigenvalue weighted by atomic mass is 35.5. The molecule has 4 aromatic rings. The smallest absolute Gasteiger partial charge is 0.255 e. The van der Waals surface area contributed by atoms with Crippen molar-refractivity contribution in [2.45, 2.75) is 6.61 Å². The molecule has 2 aromatic carbocycles. The van der Waals surface area contributed by atoms with Gasteiger partial charge in [-0.15, -0.1) is 0 Å². The lowest BCUT2D eigenvalue weighted by Crippen LogP contribution is -2.21. The van der Waals surface area contributed by atoms with Crippen LogP contribution in [0.5, 0.6) is 5.75 Å². The molecule has 2 N–H and O–H groups in total. The second-order valence-corrected chi connectivity index (χ2v) is 9.93. The number of rotatable bonds is 10.